The molecule has 0 radical (unpaired) electrons. The summed E-state index contributed by atoms with van der Waals surface area (Å²) in [6, 6.07) is 9.25. The molecule has 1 aromatic rings. The van der Waals surface area contributed by atoms with E-state index in [0.29, 0.717) is 31.0 Å². The highest BCUT2D eigenvalue weighted by molar-refractivity contribution is 6.43. The molecule has 0 spiro atoms. The number of benzene rings is 1. The van der Waals surface area contributed by atoms with Crippen LogP contribution in [0.1, 0.15) is 24.4 Å². The Hall–Kier alpha value is -3.79. The number of carbonyl (C=O) groups excluding carboxylic acids is 2. The molecule has 4 unspecified atom stereocenters. The molecule has 2 aliphatic carbocycles. The van der Waals surface area contributed by atoms with E-state index in [9.17, 15) is 14.0 Å². The molecule has 0 bridgehead atoms. The lowest BCUT2D eigenvalue weighted by molar-refractivity contribution is -0.138. The van der Waals surface area contributed by atoms with E-state index in [-0.39, 0.29) is 36.0 Å². The average Bonchev–Trinajstić information content (AvgIpc) is 3.28. The number of ether oxygens (including phenoxy) is 1. The molecule has 1 saturated heterocycles. The van der Waals surface area contributed by atoms with Gasteiger partial charge in [-0.05, 0) is 18.1 Å². The molecule has 4 heterocycles. The minimum Gasteiger partial charge on any atom is -0.450 e. The maximum absolute atomic E-state index is 16.2. The molecule has 0 aromatic heterocycles. The van der Waals surface area contributed by atoms with Crippen LogP contribution < -0.4 is 5.32 Å². The van der Waals surface area contributed by atoms with Crippen molar-refractivity contribution in [2.24, 2.45) is 11.1 Å². The summed E-state index contributed by atoms with van der Waals surface area (Å²) in [7, 11) is 0. The maximum Gasteiger partial charge on any atom is 0.265 e. The van der Waals surface area contributed by atoms with E-state index in [1.165, 1.54) is 0 Å². The Morgan fingerprint density at radius 3 is 2.75 bits per heavy atom. The fraction of sp³-hybridized carbons (Fsp3) is 0.346. The van der Waals surface area contributed by atoms with Crippen molar-refractivity contribution in [3.63, 3.8) is 0 Å². The Balaban J connectivity index is 1.32. The van der Waals surface area contributed by atoms with Gasteiger partial charge in [0.1, 0.15) is 6.04 Å². The van der Waals surface area contributed by atoms with E-state index in [2.05, 4.69) is 10.5 Å². The van der Waals surface area contributed by atoms with Crippen LogP contribution in [0.2, 0.25) is 0 Å². The Kier molecular flexibility index (Phi) is 4.69. The molecular formula is C26H22F2N4O4. The Labute approximate surface area is 205 Å². The van der Waals surface area contributed by atoms with Gasteiger partial charge in [-0.15, -0.1) is 0 Å². The quantitative estimate of drug-likeness (QED) is 0.636. The minimum absolute atomic E-state index is 0.00565. The fourth-order valence-corrected chi connectivity index (χ4v) is 5.96. The molecular weight excluding hydrogens is 470 g/mol. The lowest BCUT2D eigenvalue weighted by Crippen LogP contribution is -2.56. The Bertz CT molecular complexity index is 1350. The monoisotopic (exact) mass is 492 g/mol. The summed E-state index contributed by atoms with van der Waals surface area (Å²) >= 11 is 0. The number of hydrogen-bond acceptors (Lipinski definition) is 8. The van der Waals surface area contributed by atoms with E-state index in [0.717, 1.165) is 5.56 Å². The molecule has 36 heavy (non-hydrogen) atoms. The zero-order valence-corrected chi connectivity index (χ0v) is 19.1. The number of nitrogens with zero attached hydrogens (tertiary/aromatic N) is 3. The first-order chi connectivity index (χ1) is 17.5. The molecule has 6 aliphatic rings. The second kappa shape index (κ2) is 7.86. The average molecular weight is 492 g/mol. The van der Waals surface area contributed by atoms with Crippen LogP contribution in [0.4, 0.5) is 8.78 Å². The minimum atomic E-state index is -0.944. The van der Waals surface area contributed by atoms with E-state index < -0.39 is 41.5 Å². The number of rotatable bonds is 2. The van der Waals surface area contributed by atoms with E-state index >= 15 is 4.39 Å². The van der Waals surface area contributed by atoms with Crippen molar-refractivity contribution >= 4 is 17.5 Å². The van der Waals surface area contributed by atoms with Gasteiger partial charge in [-0.2, -0.15) is 4.39 Å². The van der Waals surface area contributed by atoms with Crippen LogP contribution >= 0.6 is 0 Å². The molecule has 4 atom stereocenters. The fourth-order valence-electron chi connectivity index (χ4n) is 5.96. The molecule has 0 amide bonds. The van der Waals surface area contributed by atoms with Crippen molar-refractivity contribution in [3.05, 3.63) is 82.4 Å². The first-order valence-electron chi connectivity index (χ1n) is 12.0. The number of piperazine rings is 1. The predicted octanol–water partition coefficient (Wildman–Crippen LogP) is 2.75. The molecule has 1 fully saturated rings. The third-order valence-electron chi connectivity index (χ3n) is 7.64. The number of halogens is 2. The van der Waals surface area contributed by atoms with Gasteiger partial charge in [0.25, 0.3) is 11.7 Å². The normalized spacial score (nSPS) is 31.1. The van der Waals surface area contributed by atoms with Gasteiger partial charge in [0.15, 0.2) is 17.3 Å². The SMILES string of the molecule is O=C1CCC2=C(OC3=C(F)C(N4CCNC(c5ccccc5)C4)=CC4C=C5C(F)=NOC5N2C34)C1=O. The highest BCUT2D eigenvalue weighted by Gasteiger charge is 2.54. The third kappa shape index (κ3) is 3.03. The second-order valence-corrected chi connectivity index (χ2v) is 9.62. The van der Waals surface area contributed by atoms with Crippen molar-refractivity contribution in [2.75, 3.05) is 19.6 Å². The highest BCUT2D eigenvalue weighted by atomic mass is 19.1. The number of hydrogen-bond donors (Lipinski definition) is 1. The number of fused-ring (bicyclic) bond motifs is 3. The van der Waals surface area contributed by atoms with Crippen LogP contribution in [0, 0.1) is 5.92 Å². The van der Waals surface area contributed by atoms with Gasteiger partial charge in [-0.25, -0.2) is 4.39 Å². The van der Waals surface area contributed by atoms with Crippen LogP contribution in [0.3, 0.4) is 0 Å². The van der Waals surface area contributed by atoms with Gasteiger partial charge < -0.3 is 24.7 Å². The molecule has 0 saturated carbocycles. The second-order valence-electron chi connectivity index (χ2n) is 9.62. The zero-order valence-electron chi connectivity index (χ0n) is 19.1. The summed E-state index contributed by atoms with van der Waals surface area (Å²) in [5, 5.41) is 6.98. The lowest BCUT2D eigenvalue weighted by Gasteiger charge is -2.50. The summed E-state index contributed by atoms with van der Waals surface area (Å²) in [4.78, 5) is 33.9. The predicted molar refractivity (Wildman–Crippen MR) is 123 cm³/mol. The van der Waals surface area contributed by atoms with Crippen molar-refractivity contribution < 1.29 is 27.9 Å². The molecule has 4 aliphatic heterocycles. The van der Waals surface area contributed by atoms with Gasteiger partial charge in [-0.1, -0.05) is 41.6 Å². The van der Waals surface area contributed by atoms with Crippen molar-refractivity contribution in [2.45, 2.75) is 31.2 Å². The number of ketones is 2. The topological polar surface area (TPSA) is 83.5 Å². The number of oxime groups is 1. The molecule has 7 rings (SSSR count). The van der Waals surface area contributed by atoms with Gasteiger partial charge >= 0.3 is 0 Å². The van der Waals surface area contributed by atoms with E-state index in [4.69, 9.17) is 9.57 Å². The summed E-state index contributed by atoms with van der Waals surface area (Å²) in [6.07, 6.45) is 2.78. The standard InChI is InChI=1S/C26H22F2N4O4/c27-20-18(31-9-8-29-16(12-31)13-4-2-1-3-5-13)11-14-10-15-25(28)30-36-26(15)32-17-6-7-19(33)22(34)23(17)35-24(20)21(14)32/h1-5,10-11,14,16,21,26,29H,6-9,12H2. The van der Waals surface area contributed by atoms with Crippen LogP contribution in [0.5, 0.6) is 0 Å². The molecule has 1 N–H and O–H groups in total. The number of Topliss-reactive ketones (excluding diaryl/α,β-unsaturated/α-hetero) is 2. The lowest BCUT2D eigenvalue weighted by atomic mass is 9.81. The summed E-state index contributed by atoms with van der Waals surface area (Å²) in [6.45, 7) is 1.71. The molecule has 8 nitrogen and oxygen atoms in total. The van der Waals surface area contributed by atoms with Gasteiger partial charge in [0.2, 0.25) is 12.0 Å². The number of allylic oxidation sites excluding steroid dienone is 3. The van der Waals surface area contributed by atoms with Gasteiger partial charge in [-0.3, -0.25) is 9.59 Å². The zero-order chi connectivity index (χ0) is 24.6. The first-order valence-corrected chi connectivity index (χ1v) is 12.0. The summed E-state index contributed by atoms with van der Waals surface area (Å²) < 4.78 is 36.7. The maximum atomic E-state index is 16.2. The van der Waals surface area contributed by atoms with Crippen LogP contribution in [0.25, 0.3) is 0 Å². The molecule has 10 heteroatoms. The van der Waals surface area contributed by atoms with Crippen molar-refractivity contribution in [3.8, 4) is 0 Å². The van der Waals surface area contributed by atoms with Crippen LogP contribution in [-0.4, -0.2) is 59.2 Å². The smallest absolute Gasteiger partial charge is 0.265 e. The Morgan fingerprint density at radius 2 is 1.92 bits per heavy atom. The third-order valence-corrected chi connectivity index (χ3v) is 7.64. The molecule has 1 aromatic carbocycles. The summed E-state index contributed by atoms with van der Waals surface area (Å²) in [5.41, 5.74) is 2.08. The first kappa shape index (κ1) is 21.5. The molecule has 184 valence electrons. The highest BCUT2D eigenvalue weighted by Crippen LogP contribution is 2.49. The van der Waals surface area contributed by atoms with Gasteiger partial charge in [0.05, 0.1) is 17.0 Å². The van der Waals surface area contributed by atoms with Crippen molar-refractivity contribution in [1.82, 2.24) is 15.1 Å². The Morgan fingerprint density at radius 1 is 1.08 bits per heavy atom. The van der Waals surface area contributed by atoms with Gasteiger partial charge in [0, 0.05) is 38.0 Å². The van der Waals surface area contributed by atoms with E-state index in [1.54, 1.807) is 17.1 Å². The number of nitrogens with one attached hydrogen (secondary N) is 1. The summed E-state index contributed by atoms with van der Waals surface area (Å²) in [5.74, 6) is -3.44. The van der Waals surface area contributed by atoms with E-state index in [1.807, 2.05) is 35.2 Å². The largest absolute Gasteiger partial charge is 0.450 e. The van der Waals surface area contributed by atoms with Crippen LogP contribution in [-0.2, 0) is 19.2 Å². The van der Waals surface area contributed by atoms with Crippen molar-refractivity contribution in [1.29, 1.82) is 0 Å². The number of carbonyl (C=O) groups is 2. The van der Waals surface area contributed by atoms with Crippen LogP contribution in [0.15, 0.2) is 82.0 Å².